The summed E-state index contributed by atoms with van der Waals surface area (Å²) in [5, 5.41) is 1.04. The minimum Gasteiger partial charge on any atom is -0.268 e. The lowest BCUT2D eigenvalue weighted by atomic mass is 10.2. The highest BCUT2D eigenvalue weighted by Crippen LogP contribution is 2.19. The molecule has 0 fully saturated rings. The number of hydroxylamine groups is 1. The van der Waals surface area contributed by atoms with Crippen molar-refractivity contribution in [2.75, 3.05) is 0 Å². The van der Waals surface area contributed by atoms with Gasteiger partial charge in [0.2, 0.25) is 0 Å². The molecule has 1 aromatic carbocycles. The van der Waals surface area contributed by atoms with Crippen molar-refractivity contribution in [1.29, 1.82) is 0 Å². The van der Waals surface area contributed by atoms with Gasteiger partial charge < -0.3 is 0 Å². The Hall–Kier alpha value is -1.03. The van der Waals surface area contributed by atoms with Crippen molar-refractivity contribution in [2.45, 2.75) is 26.4 Å². The fourth-order valence-electron chi connectivity index (χ4n) is 1.08. The van der Waals surface area contributed by atoms with Crippen LogP contribution in [0.2, 0.25) is 10.0 Å². The highest BCUT2D eigenvalue weighted by Gasteiger charge is 2.11. The van der Waals surface area contributed by atoms with Crippen molar-refractivity contribution in [3.8, 4) is 0 Å². The molecule has 1 rings (SSSR count). The Morgan fingerprint density at radius 1 is 1.22 bits per heavy atom. The molecule has 0 spiro atoms. The van der Waals surface area contributed by atoms with Crippen LogP contribution in [0.15, 0.2) is 24.3 Å². The molecule has 0 aliphatic heterocycles. The van der Waals surface area contributed by atoms with Gasteiger partial charge in [-0.15, -0.1) is 0 Å². The van der Waals surface area contributed by atoms with Crippen molar-refractivity contribution in [2.24, 2.45) is 0 Å². The normalized spacial score (nSPS) is 11.8. The van der Waals surface area contributed by atoms with Gasteiger partial charge in [0.15, 0.2) is 0 Å². The summed E-state index contributed by atoms with van der Waals surface area (Å²) >= 11 is 11.7. The molecule has 0 saturated heterocycles. The van der Waals surface area contributed by atoms with Crippen LogP contribution >= 0.6 is 23.2 Å². The number of benzene rings is 1. The average molecular weight is 288 g/mol. The summed E-state index contributed by atoms with van der Waals surface area (Å²) in [6.45, 7) is 5.52. The molecule has 3 nitrogen and oxygen atoms in total. The van der Waals surface area contributed by atoms with Gasteiger partial charge in [-0.1, -0.05) is 23.2 Å². The molecule has 0 heterocycles. The van der Waals surface area contributed by atoms with Crippen molar-refractivity contribution < 1.29 is 9.63 Å². The Morgan fingerprint density at radius 2 is 1.78 bits per heavy atom. The quantitative estimate of drug-likeness (QED) is 0.677. The van der Waals surface area contributed by atoms with E-state index >= 15 is 0 Å². The topological polar surface area (TPSA) is 38.3 Å². The van der Waals surface area contributed by atoms with Crippen LogP contribution in [-0.2, 0) is 9.63 Å². The van der Waals surface area contributed by atoms with Crippen LogP contribution in [0.1, 0.15) is 26.3 Å². The summed E-state index contributed by atoms with van der Waals surface area (Å²) in [4.78, 5) is 16.6. The Labute approximate surface area is 117 Å². The zero-order chi connectivity index (χ0) is 13.8. The number of hydrogen-bond acceptors (Lipinski definition) is 2. The number of halogens is 2. The lowest BCUT2D eigenvalue weighted by molar-refractivity contribution is -0.140. The molecular weight excluding hydrogens is 273 g/mol. The molecule has 0 unspecified atom stereocenters. The van der Waals surface area contributed by atoms with Crippen LogP contribution in [0, 0.1) is 0 Å². The first-order chi connectivity index (χ1) is 8.26. The molecular formula is C13H15Cl2NO2. The third-order valence-corrected chi connectivity index (χ3v) is 2.21. The zero-order valence-electron chi connectivity index (χ0n) is 10.5. The summed E-state index contributed by atoms with van der Waals surface area (Å²) in [7, 11) is 0. The lowest BCUT2D eigenvalue weighted by Gasteiger charge is -2.17. The Bertz CT molecular complexity index is 444. The standard InChI is InChI=1S/C13H15Cl2NO2/c1-13(2,3)18-16-12(17)5-4-9-6-10(14)8-11(15)7-9/h4-8H,1-3H3,(H,16,17)/b5-4+. The summed E-state index contributed by atoms with van der Waals surface area (Å²) in [5.41, 5.74) is 2.65. The predicted octanol–water partition coefficient (Wildman–Crippen LogP) is 3.85. The molecule has 98 valence electrons. The lowest BCUT2D eigenvalue weighted by Crippen LogP contribution is -2.32. The van der Waals surface area contributed by atoms with Gasteiger partial charge >= 0.3 is 0 Å². The van der Waals surface area contributed by atoms with E-state index in [0.717, 1.165) is 5.56 Å². The van der Waals surface area contributed by atoms with Gasteiger partial charge in [-0.05, 0) is 50.6 Å². The maximum Gasteiger partial charge on any atom is 0.267 e. The molecule has 0 aliphatic carbocycles. The second-order valence-corrected chi connectivity index (χ2v) is 5.59. The van der Waals surface area contributed by atoms with Crippen LogP contribution in [0.25, 0.3) is 6.08 Å². The highest BCUT2D eigenvalue weighted by atomic mass is 35.5. The number of carbonyl (C=O) groups is 1. The average Bonchev–Trinajstić information content (AvgIpc) is 2.21. The zero-order valence-corrected chi connectivity index (χ0v) is 12.0. The van der Waals surface area contributed by atoms with E-state index in [0.29, 0.717) is 10.0 Å². The monoisotopic (exact) mass is 287 g/mol. The molecule has 0 bridgehead atoms. The SMILES string of the molecule is CC(C)(C)ONC(=O)/C=C/c1cc(Cl)cc(Cl)c1. The molecule has 0 radical (unpaired) electrons. The number of rotatable bonds is 3. The van der Waals surface area contributed by atoms with E-state index in [9.17, 15) is 4.79 Å². The first-order valence-corrected chi connectivity index (χ1v) is 6.14. The maximum atomic E-state index is 11.4. The van der Waals surface area contributed by atoms with Crippen molar-refractivity contribution in [3.63, 3.8) is 0 Å². The van der Waals surface area contributed by atoms with Gasteiger partial charge in [0, 0.05) is 16.1 Å². The Morgan fingerprint density at radius 3 is 2.28 bits per heavy atom. The molecule has 0 saturated carbocycles. The van der Waals surface area contributed by atoms with Crippen LogP contribution in [-0.4, -0.2) is 11.5 Å². The molecule has 18 heavy (non-hydrogen) atoms. The number of hydrogen-bond donors (Lipinski definition) is 1. The molecule has 0 aliphatic rings. The fraction of sp³-hybridized carbons (Fsp3) is 0.308. The van der Waals surface area contributed by atoms with Gasteiger partial charge in [-0.2, -0.15) is 0 Å². The van der Waals surface area contributed by atoms with E-state index in [4.69, 9.17) is 28.0 Å². The second-order valence-electron chi connectivity index (χ2n) is 4.72. The molecule has 0 atom stereocenters. The first kappa shape index (κ1) is 15.0. The highest BCUT2D eigenvalue weighted by molar-refractivity contribution is 6.34. The van der Waals surface area contributed by atoms with Gasteiger partial charge in [0.05, 0.1) is 5.60 Å². The summed E-state index contributed by atoms with van der Waals surface area (Å²) in [6.07, 6.45) is 2.97. The molecule has 0 aromatic heterocycles. The minimum atomic E-state index is -0.428. The van der Waals surface area contributed by atoms with Crippen molar-refractivity contribution in [1.82, 2.24) is 5.48 Å². The van der Waals surface area contributed by atoms with E-state index in [1.807, 2.05) is 20.8 Å². The van der Waals surface area contributed by atoms with Gasteiger partial charge in [-0.25, -0.2) is 5.48 Å². The number of amides is 1. The molecule has 1 amide bonds. The van der Waals surface area contributed by atoms with E-state index in [1.54, 1.807) is 24.3 Å². The van der Waals surface area contributed by atoms with Crippen LogP contribution < -0.4 is 5.48 Å². The molecule has 1 aromatic rings. The second kappa shape index (κ2) is 6.23. The van der Waals surface area contributed by atoms with E-state index < -0.39 is 5.60 Å². The summed E-state index contributed by atoms with van der Waals surface area (Å²) in [5.74, 6) is -0.346. The van der Waals surface area contributed by atoms with Gasteiger partial charge in [-0.3, -0.25) is 9.63 Å². The first-order valence-electron chi connectivity index (χ1n) is 5.38. The van der Waals surface area contributed by atoms with Crippen LogP contribution in [0.4, 0.5) is 0 Å². The fourth-order valence-corrected chi connectivity index (χ4v) is 1.62. The third-order valence-electron chi connectivity index (χ3n) is 1.77. The van der Waals surface area contributed by atoms with E-state index in [-0.39, 0.29) is 5.91 Å². The van der Waals surface area contributed by atoms with Crippen LogP contribution in [0.3, 0.4) is 0 Å². The summed E-state index contributed by atoms with van der Waals surface area (Å²) in [6, 6.07) is 5.05. The predicted molar refractivity (Wildman–Crippen MR) is 74.5 cm³/mol. The molecule has 5 heteroatoms. The Kier molecular flexibility index (Phi) is 5.20. The van der Waals surface area contributed by atoms with Crippen molar-refractivity contribution in [3.05, 3.63) is 39.9 Å². The number of carbonyl (C=O) groups excluding carboxylic acids is 1. The van der Waals surface area contributed by atoms with Crippen molar-refractivity contribution >= 4 is 35.2 Å². The number of nitrogens with one attached hydrogen (secondary N) is 1. The van der Waals surface area contributed by atoms with E-state index in [2.05, 4.69) is 5.48 Å². The largest absolute Gasteiger partial charge is 0.268 e. The molecule has 1 N–H and O–H groups in total. The van der Waals surface area contributed by atoms with Gasteiger partial charge in [0.1, 0.15) is 0 Å². The smallest absolute Gasteiger partial charge is 0.267 e. The van der Waals surface area contributed by atoms with Gasteiger partial charge in [0.25, 0.3) is 5.91 Å². The minimum absolute atomic E-state index is 0.346. The van der Waals surface area contributed by atoms with E-state index in [1.165, 1.54) is 6.08 Å². The Balaban J connectivity index is 2.61. The summed E-state index contributed by atoms with van der Waals surface area (Å²) < 4.78 is 0. The van der Waals surface area contributed by atoms with Crippen LogP contribution in [0.5, 0.6) is 0 Å². The maximum absolute atomic E-state index is 11.4. The third kappa shape index (κ3) is 6.05.